The van der Waals surface area contributed by atoms with Crippen molar-refractivity contribution in [2.75, 3.05) is 0 Å². The molecular weight excluding hydrogens is 286 g/mol. The van der Waals surface area contributed by atoms with Crippen LogP contribution in [0.2, 0.25) is 0 Å². The smallest absolute Gasteiger partial charge is 0.234 e. The number of allylic oxidation sites excluding steroid dienone is 2. The van der Waals surface area contributed by atoms with E-state index in [1.165, 1.54) is 11.1 Å². The third-order valence-electron chi connectivity index (χ3n) is 6.13. The van der Waals surface area contributed by atoms with Crippen molar-refractivity contribution in [1.29, 1.82) is 0 Å². The molecule has 3 nitrogen and oxygen atoms in total. The number of hydrogen-bond acceptors (Lipinski definition) is 2. The highest BCUT2D eigenvalue weighted by molar-refractivity contribution is 6.07. The highest BCUT2D eigenvalue weighted by Gasteiger charge is 2.63. The minimum Gasteiger partial charge on any atom is -0.275 e. The summed E-state index contributed by atoms with van der Waals surface area (Å²) >= 11 is 0. The Morgan fingerprint density at radius 3 is 2.00 bits per heavy atom. The summed E-state index contributed by atoms with van der Waals surface area (Å²) in [4.78, 5) is 27.7. The van der Waals surface area contributed by atoms with Crippen molar-refractivity contribution in [3.8, 4) is 0 Å². The topological polar surface area (TPSA) is 37.4 Å². The van der Waals surface area contributed by atoms with Crippen molar-refractivity contribution >= 4 is 11.8 Å². The zero-order valence-corrected chi connectivity index (χ0v) is 14.0. The van der Waals surface area contributed by atoms with Gasteiger partial charge in [0.1, 0.15) is 0 Å². The third kappa shape index (κ3) is 1.89. The van der Waals surface area contributed by atoms with Gasteiger partial charge in [0, 0.05) is 0 Å². The summed E-state index contributed by atoms with van der Waals surface area (Å²) in [6.45, 7) is 6.22. The van der Waals surface area contributed by atoms with Crippen LogP contribution in [-0.4, -0.2) is 16.7 Å². The van der Waals surface area contributed by atoms with E-state index in [0.29, 0.717) is 11.8 Å². The Morgan fingerprint density at radius 1 is 1.00 bits per heavy atom. The van der Waals surface area contributed by atoms with Gasteiger partial charge >= 0.3 is 0 Å². The lowest BCUT2D eigenvalue weighted by Crippen LogP contribution is -2.35. The van der Waals surface area contributed by atoms with Crippen molar-refractivity contribution in [3.63, 3.8) is 0 Å². The van der Waals surface area contributed by atoms with Gasteiger partial charge in [0.15, 0.2) is 0 Å². The Labute approximate surface area is 137 Å². The van der Waals surface area contributed by atoms with Crippen molar-refractivity contribution in [3.05, 3.63) is 47.0 Å². The average Bonchev–Trinajstić information content (AvgIpc) is 3.18. The Hall–Kier alpha value is -1.90. The zero-order valence-electron chi connectivity index (χ0n) is 14.0. The van der Waals surface area contributed by atoms with E-state index in [-0.39, 0.29) is 29.7 Å². The van der Waals surface area contributed by atoms with Gasteiger partial charge in [0.2, 0.25) is 11.8 Å². The van der Waals surface area contributed by atoms with Crippen LogP contribution in [0.5, 0.6) is 0 Å². The molecule has 4 rings (SSSR count). The highest BCUT2D eigenvalue weighted by Crippen LogP contribution is 2.60. The fourth-order valence-corrected chi connectivity index (χ4v) is 5.28. The number of imide groups is 1. The number of carbonyl (C=O) groups excluding carboxylic acids is 2. The van der Waals surface area contributed by atoms with Gasteiger partial charge in [0.05, 0.1) is 17.9 Å². The first-order chi connectivity index (χ1) is 11.0. The molecule has 0 aromatic heterocycles. The minimum absolute atomic E-state index is 0.0577. The largest absolute Gasteiger partial charge is 0.275 e. The zero-order chi connectivity index (χ0) is 16.3. The summed E-state index contributed by atoms with van der Waals surface area (Å²) < 4.78 is 0. The third-order valence-corrected chi connectivity index (χ3v) is 6.13. The molecule has 2 saturated carbocycles. The fourth-order valence-electron chi connectivity index (χ4n) is 5.28. The fraction of sp³-hybridized carbons (Fsp3) is 0.500. The van der Waals surface area contributed by atoms with Crippen LogP contribution in [0.15, 0.2) is 41.5 Å². The molecule has 1 saturated heterocycles. The molecule has 3 fully saturated rings. The molecule has 1 heterocycles. The summed E-state index contributed by atoms with van der Waals surface area (Å²) in [6.07, 6.45) is 2.14. The summed E-state index contributed by atoms with van der Waals surface area (Å²) in [5.41, 5.74) is 3.76. The first-order valence-electron chi connectivity index (χ1n) is 8.61. The maximum atomic E-state index is 13.1. The van der Waals surface area contributed by atoms with Gasteiger partial charge in [-0.1, -0.05) is 41.5 Å². The molecular formula is C20H23NO2. The lowest BCUT2D eigenvalue weighted by atomic mass is 9.81. The Bertz CT molecular complexity index is 670. The van der Waals surface area contributed by atoms with Crippen LogP contribution < -0.4 is 0 Å². The van der Waals surface area contributed by atoms with E-state index in [2.05, 4.69) is 13.8 Å². The molecule has 23 heavy (non-hydrogen) atoms. The summed E-state index contributed by atoms with van der Waals surface area (Å²) in [7, 11) is 0. The lowest BCUT2D eigenvalue weighted by molar-refractivity contribution is -0.143. The Kier molecular flexibility index (Phi) is 3.22. The molecule has 0 N–H and O–H groups in total. The number of amides is 2. The van der Waals surface area contributed by atoms with E-state index in [1.54, 1.807) is 4.90 Å². The Balaban J connectivity index is 1.70. The van der Waals surface area contributed by atoms with Gasteiger partial charge in [0.25, 0.3) is 0 Å². The maximum Gasteiger partial charge on any atom is 0.234 e. The van der Waals surface area contributed by atoms with Gasteiger partial charge < -0.3 is 0 Å². The second-order valence-electron chi connectivity index (χ2n) is 7.43. The van der Waals surface area contributed by atoms with Crippen LogP contribution in [0, 0.1) is 23.7 Å². The van der Waals surface area contributed by atoms with Gasteiger partial charge in [-0.3, -0.25) is 14.5 Å². The van der Waals surface area contributed by atoms with E-state index < -0.39 is 0 Å². The van der Waals surface area contributed by atoms with E-state index in [1.807, 2.05) is 37.3 Å². The van der Waals surface area contributed by atoms with Crippen LogP contribution in [0.1, 0.15) is 45.2 Å². The normalized spacial score (nSPS) is 33.3. The minimum atomic E-state index is -0.170. The molecule has 2 aliphatic carbocycles. The molecule has 2 bridgehead atoms. The van der Waals surface area contributed by atoms with Gasteiger partial charge in [-0.15, -0.1) is 0 Å². The predicted octanol–water partition coefficient (Wildman–Crippen LogP) is 3.73. The quantitative estimate of drug-likeness (QED) is 0.617. The Morgan fingerprint density at radius 2 is 1.52 bits per heavy atom. The number of benzene rings is 1. The number of fused-ring (bicyclic) bond motifs is 5. The number of carbonyl (C=O) groups is 2. The molecule has 0 radical (unpaired) electrons. The number of likely N-dealkylation sites (tertiary alicyclic amines) is 1. The van der Waals surface area contributed by atoms with Crippen LogP contribution in [0.3, 0.4) is 0 Å². The van der Waals surface area contributed by atoms with Crippen molar-refractivity contribution in [1.82, 2.24) is 4.90 Å². The monoisotopic (exact) mass is 309 g/mol. The molecule has 0 spiro atoms. The van der Waals surface area contributed by atoms with E-state index in [9.17, 15) is 9.59 Å². The SMILES string of the molecule is CC(C)=C1C2CCC1C1C(=O)N([C@@H](C)c3ccccc3)C(=O)C21. The van der Waals surface area contributed by atoms with E-state index in [4.69, 9.17) is 0 Å². The van der Waals surface area contributed by atoms with Gasteiger partial charge in [-0.05, 0) is 51.0 Å². The summed E-state index contributed by atoms with van der Waals surface area (Å²) in [6, 6.07) is 9.70. The van der Waals surface area contributed by atoms with Crippen molar-refractivity contribution in [2.45, 2.75) is 39.7 Å². The number of nitrogens with zero attached hydrogens (tertiary/aromatic N) is 1. The van der Waals surface area contributed by atoms with Crippen LogP contribution >= 0.6 is 0 Å². The predicted molar refractivity (Wildman–Crippen MR) is 88.3 cm³/mol. The molecule has 2 amide bonds. The lowest BCUT2D eigenvalue weighted by Gasteiger charge is -2.25. The molecule has 1 aromatic carbocycles. The van der Waals surface area contributed by atoms with Crippen LogP contribution in [0.4, 0.5) is 0 Å². The van der Waals surface area contributed by atoms with Crippen molar-refractivity contribution in [2.24, 2.45) is 23.7 Å². The molecule has 3 aliphatic rings. The standard InChI is InChI=1S/C20H23NO2/c1-11(2)16-14-9-10-15(16)18-17(14)19(22)21(20(18)23)12(3)13-7-5-4-6-8-13/h4-8,12,14-15,17-18H,9-10H2,1-3H3/t12-,14?,15?,17?,18?/m0/s1. The molecule has 120 valence electrons. The van der Waals surface area contributed by atoms with Crippen molar-refractivity contribution < 1.29 is 9.59 Å². The van der Waals surface area contributed by atoms with E-state index >= 15 is 0 Å². The first-order valence-corrected chi connectivity index (χ1v) is 8.61. The molecule has 1 aromatic rings. The molecule has 5 atom stereocenters. The summed E-state index contributed by atoms with van der Waals surface area (Å²) in [5, 5.41) is 0. The first kappa shape index (κ1) is 14.7. The van der Waals surface area contributed by atoms with E-state index in [0.717, 1.165) is 18.4 Å². The maximum absolute atomic E-state index is 13.1. The highest BCUT2D eigenvalue weighted by atomic mass is 16.2. The second kappa shape index (κ2) is 5.05. The van der Waals surface area contributed by atoms with Crippen LogP contribution in [0.25, 0.3) is 0 Å². The molecule has 3 heteroatoms. The molecule has 1 aliphatic heterocycles. The van der Waals surface area contributed by atoms with Gasteiger partial charge in [-0.2, -0.15) is 0 Å². The second-order valence-corrected chi connectivity index (χ2v) is 7.43. The number of hydrogen-bond donors (Lipinski definition) is 0. The average molecular weight is 309 g/mol. The van der Waals surface area contributed by atoms with Crippen LogP contribution in [-0.2, 0) is 9.59 Å². The number of rotatable bonds is 2. The van der Waals surface area contributed by atoms with Gasteiger partial charge in [-0.25, -0.2) is 0 Å². The molecule has 4 unspecified atom stereocenters. The summed E-state index contributed by atoms with van der Waals surface area (Å²) in [5.74, 6) is 0.526.